The molecule has 0 saturated heterocycles. The Kier molecular flexibility index (Phi) is 3.44. The van der Waals surface area contributed by atoms with Gasteiger partial charge in [-0.3, -0.25) is 0 Å². The number of benzene rings is 1. The van der Waals surface area contributed by atoms with E-state index in [9.17, 15) is 0 Å². The zero-order valence-corrected chi connectivity index (χ0v) is 12.3. The standard InChI is InChI=1S/C15H20N2S/c1-10-7-12(16)6-5-11(10)8-14-17-13(9-18-14)15(2,3)4/h5-7,9H,8,16H2,1-4H3. The molecule has 0 aliphatic carbocycles. The molecule has 0 radical (unpaired) electrons. The van der Waals surface area contributed by atoms with Crippen molar-refractivity contribution in [1.29, 1.82) is 0 Å². The second kappa shape index (κ2) is 4.73. The van der Waals surface area contributed by atoms with Crippen molar-refractivity contribution in [3.05, 3.63) is 45.4 Å². The van der Waals surface area contributed by atoms with Gasteiger partial charge in [-0.15, -0.1) is 11.3 Å². The molecule has 3 heteroatoms. The van der Waals surface area contributed by atoms with Gasteiger partial charge in [0, 0.05) is 22.9 Å². The van der Waals surface area contributed by atoms with Gasteiger partial charge in [0.1, 0.15) is 0 Å². The van der Waals surface area contributed by atoms with Gasteiger partial charge in [0.25, 0.3) is 0 Å². The number of hydrogen-bond donors (Lipinski definition) is 1. The van der Waals surface area contributed by atoms with E-state index < -0.39 is 0 Å². The number of thiazole rings is 1. The fourth-order valence-corrected chi connectivity index (χ4v) is 2.86. The second-order valence-corrected chi connectivity index (χ2v) is 6.68. The van der Waals surface area contributed by atoms with Crippen molar-refractivity contribution < 1.29 is 0 Å². The number of nitrogens with zero attached hydrogens (tertiary/aromatic N) is 1. The predicted molar refractivity (Wildman–Crippen MR) is 79.2 cm³/mol. The van der Waals surface area contributed by atoms with E-state index in [1.165, 1.54) is 21.8 Å². The summed E-state index contributed by atoms with van der Waals surface area (Å²) in [6.07, 6.45) is 0.896. The molecule has 0 aliphatic rings. The van der Waals surface area contributed by atoms with E-state index >= 15 is 0 Å². The Labute approximate surface area is 113 Å². The van der Waals surface area contributed by atoms with E-state index in [1.807, 2.05) is 12.1 Å². The first kappa shape index (κ1) is 13.1. The van der Waals surface area contributed by atoms with Crippen LogP contribution >= 0.6 is 11.3 Å². The molecule has 2 nitrogen and oxygen atoms in total. The van der Waals surface area contributed by atoms with Crippen LogP contribution in [-0.2, 0) is 11.8 Å². The van der Waals surface area contributed by atoms with E-state index in [0.29, 0.717) is 0 Å². The highest BCUT2D eigenvalue weighted by Crippen LogP contribution is 2.26. The van der Waals surface area contributed by atoms with Crippen molar-refractivity contribution in [2.24, 2.45) is 0 Å². The minimum Gasteiger partial charge on any atom is -0.399 e. The Morgan fingerprint density at radius 2 is 2.00 bits per heavy atom. The van der Waals surface area contributed by atoms with Crippen molar-refractivity contribution in [2.45, 2.75) is 39.5 Å². The summed E-state index contributed by atoms with van der Waals surface area (Å²) >= 11 is 1.74. The summed E-state index contributed by atoms with van der Waals surface area (Å²) in [4.78, 5) is 4.73. The van der Waals surface area contributed by atoms with Crippen molar-refractivity contribution in [1.82, 2.24) is 4.98 Å². The molecule has 1 aromatic carbocycles. The average molecular weight is 260 g/mol. The molecule has 2 N–H and O–H groups in total. The SMILES string of the molecule is Cc1cc(N)ccc1Cc1nc(C(C)(C)C)cs1. The number of hydrogen-bond acceptors (Lipinski definition) is 3. The lowest BCUT2D eigenvalue weighted by molar-refractivity contribution is 0.571. The zero-order valence-electron chi connectivity index (χ0n) is 11.4. The first-order chi connectivity index (χ1) is 8.36. The summed E-state index contributed by atoms with van der Waals surface area (Å²) in [6.45, 7) is 8.69. The molecule has 0 aliphatic heterocycles. The van der Waals surface area contributed by atoms with Crippen LogP contribution in [0.4, 0.5) is 5.69 Å². The number of aromatic nitrogens is 1. The highest BCUT2D eigenvalue weighted by atomic mass is 32.1. The lowest BCUT2D eigenvalue weighted by Gasteiger charge is -2.14. The molecule has 0 bridgehead atoms. The number of aryl methyl sites for hydroxylation is 1. The van der Waals surface area contributed by atoms with Crippen LogP contribution < -0.4 is 5.73 Å². The summed E-state index contributed by atoms with van der Waals surface area (Å²) in [5.41, 5.74) is 10.4. The van der Waals surface area contributed by atoms with Crippen LogP contribution in [0.25, 0.3) is 0 Å². The number of nitrogens with two attached hydrogens (primary N) is 1. The Bertz CT molecular complexity index is 550. The summed E-state index contributed by atoms with van der Waals surface area (Å²) in [5, 5.41) is 3.34. The van der Waals surface area contributed by atoms with Crippen LogP contribution in [0.15, 0.2) is 23.6 Å². The van der Waals surface area contributed by atoms with Gasteiger partial charge in [0.05, 0.1) is 10.7 Å². The fourth-order valence-electron chi connectivity index (χ4n) is 1.82. The Morgan fingerprint density at radius 1 is 1.28 bits per heavy atom. The Hall–Kier alpha value is -1.35. The number of nitrogen functional groups attached to an aromatic ring is 1. The molecule has 0 atom stereocenters. The van der Waals surface area contributed by atoms with Crippen LogP contribution in [0.5, 0.6) is 0 Å². The third kappa shape index (κ3) is 2.91. The maximum atomic E-state index is 5.77. The summed E-state index contributed by atoms with van der Waals surface area (Å²) in [6, 6.07) is 6.08. The Morgan fingerprint density at radius 3 is 2.56 bits per heavy atom. The van der Waals surface area contributed by atoms with Crippen molar-refractivity contribution >= 4 is 17.0 Å². The molecular formula is C15H20N2S. The van der Waals surface area contributed by atoms with Gasteiger partial charge < -0.3 is 5.73 Å². The molecule has 0 spiro atoms. The lowest BCUT2D eigenvalue weighted by Crippen LogP contribution is -2.11. The fraction of sp³-hybridized carbons (Fsp3) is 0.400. The molecule has 1 aromatic heterocycles. The second-order valence-electron chi connectivity index (χ2n) is 5.74. The summed E-state index contributed by atoms with van der Waals surface area (Å²) in [7, 11) is 0. The normalized spacial score (nSPS) is 11.8. The van der Waals surface area contributed by atoms with Gasteiger partial charge in [0.2, 0.25) is 0 Å². The van der Waals surface area contributed by atoms with Gasteiger partial charge in [-0.05, 0) is 30.2 Å². The largest absolute Gasteiger partial charge is 0.399 e. The van der Waals surface area contributed by atoms with Crippen LogP contribution in [0.1, 0.15) is 42.6 Å². The molecule has 0 unspecified atom stereocenters. The van der Waals surface area contributed by atoms with Gasteiger partial charge in [-0.1, -0.05) is 26.8 Å². The number of rotatable bonds is 2. The Balaban J connectivity index is 2.21. The molecule has 96 valence electrons. The molecular weight excluding hydrogens is 240 g/mol. The topological polar surface area (TPSA) is 38.9 Å². The van der Waals surface area contributed by atoms with Crippen LogP contribution in [0.3, 0.4) is 0 Å². The van der Waals surface area contributed by atoms with Crippen LogP contribution in [0.2, 0.25) is 0 Å². The maximum absolute atomic E-state index is 5.77. The predicted octanol–water partition coefficient (Wildman–Crippen LogP) is 3.92. The van der Waals surface area contributed by atoms with Crippen LogP contribution in [0, 0.1) is 6.92 Å². The molecule has 0 amide bonds. The average Bonchev–Trinajstić information content (AvgIpc) is 2.70. The van der Waals surface area contributed by atoms with E-state index in [-0.39, 0.29) is 5.41 Å². The molecule has 0 fully saturated rings. The van der Waals surface area contributed by atoms with E-state index in [4.69, 9.17) is 10.7 Å². The smallest absolute Gasteiger partial charge is 0.0972 e. The van der Waals surface area contributed by atoms with E-state index in [1.54, 1.807) is 11.3 Å². The maximum Gasteiger partial charge on any atom is 0.0972 e. The van der Waals surface area contributed by atoms with E-state index in [0.717, 1.165) is 12.1 Å². The molecule has 2 aromatic rings. The number of anilines is 1. The van der Waals surface area contributed by atoms with Gasteiger partial charge in [-0.2, -0.15) is 0 Å². The van der Waals surface area contributed by atoms with E-state index in [2.05, 4.69) is 39.1 Å². The molecule has 2 rings (SSSR count). The van der Waals surface area contributed by atoms with Crippen molar-refractivity contribution in [3.63, 3.8) is 0 Å². The quantitative estimate of drug-likeness (QED) is 0.831. The highest BCUT2D eigenvalue weighted by molar-refractivity contribution is 7.09. The minimum atomic E-state index is 0.130. The van der Waals surface area contributed by atoms with Gasteiger partial charge in [0.15, 0.2) is 0 Å². The summed E-state index contributed by atoms with van der Waals surface area (Å²) in [5.74, 6) is 0. The first-order valence-corrected chi connectivity index (χ1v) is 7.04. The third-order valence-corrected chi connectivity index (χ3v) is 3.88. The van der Waals surface area contributed by atoms with Crippen molar-refractivity contribution in [3.8, 4) is 0 Å². The van der Waals surface area contributed by atoms with Crippen LogP contribution in [-0.4, -0.2) is 4.98 Å². The molecule has 18 heavy (non-hydrogen) atoms. The zero-order chi connectivity index (χ0) is 13.3. The monoisotopic (exact) mass is 260 g/mol. The lowest BCUT2D eigenvalue weighted by atomic mass is 9.93. The molecule has 0 saturated carbocycles. The molecule has 1 heterocycles. The minimum absolute atomic E-state index is 0.130. The van der Waals surface area contributed by atoms with Gasteiger partial charge >= 0.3 is 0 Å². The van der Waals surface area contributed by atoms with Gasteiger partial charge in [-0.25, -0.2) is 4.98 Å². The highest BCUT2D eigenvalue weighted by Gasteiger charge is 2.17. The third-order valence-electron chi connectivity index (χ3n) is 3.03. The summed E-state index contributed by atoms with van der Waals surface area (Å²) < 4.78 is 0. The first-order valence-electron chi connectivity index (χ1n) is 6.16. The van der Waals surface area contributed by atoms with Crippen molar-refractivity contribution in [2.75, 3.05) is 5.73 Å².